The van der Waals surface area contributed by atoms with Gasteiger partial charge in [0.15, 0.2) is 0 Å². The van der Waals surface area contributed by atoms with Gasteiger partial charge in [0.05, 0.1) is 14.2 Å². The summed E-state index contributed by atoms with van der Waals surface area (Å²) in [6.07, 6.45) is 4.74. The van der Waals surface area contributed by atoms with E-state index in [0.717, 1.165) is 24.3 Å². The molecule has 1 fully saturated rings. The molecule has 2 rings (SSSR count). The molecule has 2 atom stereocenters. The monoisotopic (exact) mass is 254 g/mol. The Morgan fingerprint density at radius 1 is 1.12 bits per heavy atom. The Hall–Kier alpha value is -0.890. The van der Waals surface area contributed by atoms with Crippen LogP contribution < -0.4 is 9.47 Å². The Kier molecular flexibility index (Phi) is 4.16. The lowest BCUT2D eigenvalue weighted by molar-refractivity contribution is 0.378. The van der Waals surface area contributed by atoms with Gasteiger partial charge in [0, 0.05) is 17.4 Å². The van der Waals surface area contributed by atoms with Crippen molar-refractivity contribution in [1.29, 1.82) is 0 Å². The van der Waals surface area contributed by atoms with Crippen molar-refractivity contribution in [1.82, 2.24) is 0 Å². The summed E-state index contributed by atoms with van der Waals surface area (Å²) in [5.41, 5.74) is 1.22. The van der Waals surface area contributed by atoms with Gasteiger partial charge in [-0.25, -0.2) is 0 Å². The summed E-state index contributed by atoms with van der Waals surface area (Å²) in [5.74, 6) is 2.13. The Balaban J connectivity index is 2.30. The predicted octanol–water partition coefficient (Wildman–Crippen LogP) is 3.97. The molecule has 94 valence electrons. The number of hydrogen-bond donors (Lipinski definition) is 0. The molecular formula is C14H19ClO2. The molecule has 1 aromatic rings. The molecule has 0 aliphatic heterocycles. The second kappa shape index (κ2) is 5.63. The van der Waals surface area contributed by atoms with Crippen LogP contribution >= 0.6 is 11.6 Å². The van der Waals surface area contributed by atoms with Crippen molar-refractivity contribution in [3.05, 3.63) is 23.8 Å². The lowest BCUT2D eigenvalue weighted by atomic mass is 9.83. The van der Waals surface area contributed by atoms with Gasteiger partial charge in [-0.1, -0.05) is 18.9 Å². The number of benzene rings is 1. The zero-order chi connectivity index (χ0) is 12.3. The van der Waals surface area contributed by atoms with Gasteiger partial charge >= 0.3 is 0 Å². The van der Waals surface area contributed by atoms with E-state index in [1.165, 1.54) is 18.4 Å². The van der Waals surface area contributed by atoms with Crippen LogP contribution in [0.3, 0.4) is 0 Å². The molecule has 1 saturated carbocycles. The maximum absolute atomic E-state index is 6.43. The van der Waals surface area contributed by atoms with E-state index in [1.807, 2.05) is 12.1 Å². The molecule has 2 unspecified atom stereocenters. The Morgan fingerprint density at radius 3 is 2.53 bits per heavy atom. The summed E-state index contributed by atoms with van der Waals surface area (Å²) >= 11 is 6.43. The third-order valence-electron chi connectivity index (χ3n) is 3.52. The van der Waals surface area contributed by atoms with Crippen LogP contribution in [0.25, 0.3) is 0 Å². The van der Waals surface area contributed by atoms with Crippen LogP contribution in [0.1, 0.15) is 37.2 Å². The van der Waals surface area contributed by atoms with Crippen molar-refractivity contribution in [2.24, 2.45) is 0 Å². The molecule has 0 radical (unpaired) electrons. The van der Waals surface area contributed by atoms with Gasteiger partial charge in [-0.3, -0.25) is 0 Å². The largest absolute Gasteiger partial charge is 0.497 e. The summed E-state index contributed by atoms with van der Waals surface area (Å²) in [6, 6.07) is 6.01. The van der Waals surface area contributed by atoms with Gasteiger partial charge in [0.25, 0.3) is 0 Å². The standard InChI is InChI=1S/C14H19ClO2/c1-16-10-7-8-12(14(9-10)17-2)11-5-3-4-6-13(11)15/h7-9,11,13H,3-6H2,1-2H3. The van der Waals surface area contributed by atoms with Crippen LogP contribution in [0.2, 0.25) is 0 Å². The predicted molar refractivity (Wildman–Crippen MR) is 70.4 cm³/mol. The van der Waals surface area contributed by atoms with Crippen molar-refractivity contribution in [2.45, 2.75) is 37.0 Å². The molecule has 1 aliphatic rings. The number of ether oxygens (including phenoxy) is 2. The highest BCUT2D eigenvalue weighted by Crippen LogP contribution is 2.41. The van der Waals surface area contributed by atoms with E-state index in [4.69, 9.17) is 21.1 Å². The lowest BCUT2D eigenvalue weighted by Gasteiger charge is -2.28. The number of rotatable bonds is 3. The third-order valence-corrected chi connectivity index (χ3v) is 4.04. The maximum atomic E-state index is 6.43. The molecule has 3 heteroatoms. The highest BCUT2D eigenvalue weighted by Gasteiger charge is 2.27. The van der Waals surface area contributed by atoms with Crippen LogP contribution in [-0.2, 0) is 0 Å². The second-order valence-electron chi connectivity index (χ2n) is 4.51. The van der Waals surface area contributed by atoms with Gasteiger partial charge in [-0.2, -0.15) is 0 Å². The van der Waals surface area contributed by atoms with Gasteiger partial charge < -0.3 is 9.47 Å². The molecular weight excluding hydrogens is 236 g/mol. The highest BCUT2D eigenvalue weighted by atomic mass is 35.5. The van der Waals surface area contributed by atoms with Crippen LogP contribution in [0.5, 0.6) is 11.5 Å². The van der Waals surface area contributed by atoms with E-state index in [-0.39, 0.29) is 5.38 Å². The van der Waals surface area contributed by atoms with E-state index in [9.17, 15) is 0 Å². The van der Waals surface area contributed by atoms with Crippen LogP contribution in [-0.4, -0.2) is 19.6 Å². The topological polar surface area (TPSA) is 18.5 Å². The first-order chi connectivity index (χ1) is 8.26. The minimum Gasteiger partial charge on any atom is -0.497 e. The summed E-state index contributed by atoms with van der Waals surface area (Å²) < 4.78 is 10.7. The van der Waals surface area contributed by atoms with Gasteiger partial charge in [0.1, 0.15) is 11.5 Å². The quantitative estimate of drug-likeness (QED) is 0.760. The van der Waals surface area contributed by atoms with E-state index < -0.39 is 0 Å². The number of halogens is 1. The molecule has 17 heavy (non-hydrogen) atoms. The van der Waals surface area contributed by atoms with Crippen molar-refractivity contribution in [3.63, 3.8) is 0 Å². The fourth-order valence-electron chi connectivity index (χ4n) is 2.56. The average Bonchev–Trinajstić information content (AvgIpc) is 2.38. The van der Waals surface area contributed by atoms with E-state index in [2.05, 4.69) is 6.07 Å². The molecule has 0 N–H and O–H groups in total. The maximum Gasteiger partial charge on any atom is 0.126 e. The van der Waals surface area contributed by atoms with Crippen LogP contribution in [0.15, 0.2) is 18.2 Å². The van der Waals surface area contributed by atoms with Gasteiger partial charge in [-0.05, 0) is 24.5 Å². The second-order valence-corrected chi connectivity index (χ2v) is 5.08. The molecule has 0 bridgehead atoms. The third kappa shape index (κ3) is 2.68. The molecule has 2 nitrogen and oxygen atoms in total. The first kappa shape index (κ1) is 12.6. The van der Waals surface area contributed by atoms with Gasteiger partial charge in [0.2, 0.25) is 0 Å². The minimum absolute atomic E-state index is 0.228. The molecule has 1 aromatic carbocycles. The molecule has 0 heterocycles. The van der Waals surface area contributed by atoms with E-state index >= 15 is 0 Å². The first-order valence-electron chi connectivity index (χ1n) is 6.12. The normalized spacial score (nSPS) is 24.4. The summed E-state index contributed by atoms with van der Waals surface area (Å²) in [4.78, 5) is 0. The highest BCUT2D eigenvalue weighted by molar-refractivity contribution is 6.21. The number of hydrogen-bond acceptors (Lipinski definition) is 2. The SMILES string of the molecule is COc1ccc(C2CCCCC2Cl)c(OC)c1. The lowest BCUT2D eigenvalue weighted by Crippen LogP contribution is -2.18. The molecule has 0 saturated heterocycles. The smallest absolute Gasteiger partial charge is 0.126 e. The van der Waals surface area contributed by atoms with E-state index in [0.29, 0.717) is 5.92 Å². The Labute approximate surface area is 108 Å². The van der Waals surface area contributed by atoms with Crippen molar-refractivity contribution >= 4 is 11.6 Å². The minimum atomic E-state index is 0.228. The number of alkyl halides is 1. The fourth-order valence-corrected chi connectivity index (χ4v) is 2.98. The fraction of sp³-hybridized carbons (Fsp3) is 0.571. The first-order valence-corrected chi connectivity index (χ1v) is 6.56. The van der Waals surface area contributed by atoms with Crippen molar-refractivity contribution in [2.75, 3.05) is 14.2 Å². The zero-order valence-electron chi connectivity index (χ0n) is 10.4. The summed E-state index contributed by atoms with van der Waals surface area (Å²) in [6.45, 7) is 0. The van der Waals surface area contributed by atoms with Crippen molar-refractivity contribution < 1.29 is 9.47 Å². The van der Waals surface area contributed by atoms with Crippen molar-refractivity contribution in [3.8, 4) is 11.5 Å². The Bertz CT molecular complexity index is 378. The summed E-state index contributed by atoms with van der Waals surface area (Å²) in [5, 5.41) is 0.228. The van der Waals surface area contributed by atoms with Crippen LogP contribution in [0, 0.1) is 0 Å². The van der Waals surface area contributed by atoms with Gasteiger partial charge in [-0.15, -0.1) is 11.6 Å². The molecule has 0 spiro atoms. The summed E-state index contributed by atoms with van der Waals surface area (Å²) in [7, 11) is 3.36. The zero-order valence-corrected chi connectivity index (χ0v) is 11.2. The number of methoxy groups -OCH3 is 2. The Morgan fingerprint density at radius 2 is 1.88 bits per heavy atom. The molecule has 0 amide bonds. The molecule has 1 aliphatic carbocycles. The van der Waals surface area contributed by atoms with E-state index in [1.54, 1.807) is 14.2 Å². The average molecular weight is 255 g/mol. The van der Waals surface area contributed by atoms with Crippen LogP contribution in [0.4, 0.5) is 0 Å². The molecule has 0 aromatic heterocycles.